The number of tetrazole rings is 1. The van der Waals surface area contributed by atoms with E-state index in [1.807, 2.05) is 24.3 Å². The number of amides is 1. The Morgan fingerprint density at radius 2 is 1.89 bits per heavy atom. The molecule has 194 valence electrons. The average Bonchev–Trinajstić information content (AvgIpc) is 3.68. The van der Waals surface area contributed by atoms with E-state index in [-0.39, 0.29) is 18.3 Å². The SMILES string of the molecule is COc1cccc(CNC(=O)c2csc(-c3nnn(Cc4ccc(-c5nnc(C(F)(F)F)o5)cc4)n3)c2)c1. The second-order valence-electron chi connectivity index (χ2n) is 7.98. The van der Waals surface area contributed by atoms with Crippen molar-refractivity contribution in [1.29, 1.82) is 0 Å². The number of ether oxygens (including phenoxy) is 1. The molecule has 0 aliphatic carbocycles. The molecule has 0 fully saturated rings. The summed E-state index contributed by atoms with van der Waals surface area (Å²) in [6, 6.07) is 15.6. The Kier molecular flexibility index (Phi) is 6.87. The summed E-state index contributed by atoms with van der Waals surface area (Å²) < 4.78 is 47.9. The number of nitrogens with zero attached hydrogens (tertiary/aromatic N) is 6. The number of aromatic nitrogens is 6. The molecule has 0 saturated heterocycles. The molecule has 0 aliphatic rings. The van der Waals surface area contributed by atoms with Crippen molar-refractivity contribution in [3.8, 4) is 27.9 Å². The summed E-state index contributed by atoms with van der Waals surface area (Å²) in [6.45, 7) is 0.620. The van der Waals surface area contributed by atoms with Gasteiger partial charge in [0, 0.05) is 17.5 Å². The van der Waals surface area contributed by atoms with Crippen molar-refractivity contribution in [2.45, 2.75) is 19.3 Å². The Labute approximate surface area is 217 Å². The van der Waals surface area contributed by atoms with E-state index < -0.39 is 12.1 Å². The zero-order valence-corrected chi connectivity index (χ0v) is 20.5. The van der Waals surface area contributed by atoms with Gasteiger partial charge in [-0.05, 0) is 46.7 Å². The van der Waals surface area contributed by atoms with Crippen molar-refractivity contribution in [3.05, 3.63) is 82.6 Å². The molecular formula is C24H18F3N7O3S. The van der Waals surface area contributed by atoms with Crippen molar-refractivity contribution < 1.29 is 27.1 Å². The van der Waals surface area contributed by atoms with Crippen LogP contribution in [-0.2, 0) is 19.3 Å². The predicted octanol–water partition coefficient (Wildman–Crippen LogP) is 4.46. The van der Waals surface area contributed by atoms with Gasteiger partial charge >= 0.3 is 12.1 Å². The van der Waals surface area contributed by atoms with Crippen molar-refractivity contribution in [3.63, 3.8) is 0 Å². The summed E-state index contributed by atoms with van der Waals surface area (Å²) in [5, 5.41) is 23.5. The van der Waals surface area contributed by atoms with Gasteiger partial charge in [-0.3, -0.25) is 4.79 Å². The lowest BCUT2D eigenvalue weighted by molar-refractivity contribution is -0.156. The van der Waals surface area contributed by atoms with E-state index in [9.17, 15) is 18.0 Å². The van der Waals surface area contributed by atoms with Crippen LogP contribution in [0.25, 0.3) is 22.2 Å². The van der Waals surface area contributed by atoms with Gasteiger partial charge in [-0.2, -0.15) is 18.0 Å². The van der Waals surface area contributed by atoms with E-state index in [1.165, 1.54) is 16.1 Å². The fraction of sp³-hybridized carbons (Fsp3) is 0.167. The number of nitrogens with one attached hydrogen (secondary N) is 1. The van der Waals surface area contributed by atoms with Crippen molar-refractivity contribution in [2.75, 3.05) is 7.11 Å². The predicted molar refractivity (Wildman–Crippen MR) is 129 cm³/mol. The summed E-state index contributed by atoms with van der Waals surface area (Å²) >= 11 is 1.32. The third-order valence-electron chi connectivity index (χ3n) is 5.31. The molecule has 1 amide bonds. The molecule has 10 nitrogen and oxygen atoms in total. The number of thiophene rings is 1. The molecule has 1 N–H and O–H groups in total. The van der Waals surface area contributed by atoms with Crippen molar-refractivity contribution in [2.24, 2.45) is 0 Å². The molecule has 0 aliphatic heterocycles. The standard InChI is InChI=1S/C24H18F3N7O3S/c1-36-18-4-2-3-15(9-18)11-28-21(35)17-10-19(38-13-17)20-29-33-34(32-20)12-14-5-7-16(8-6-14)22-30-31-23(37-22)24(25,26)27/h2-10,13H,11-12H2,1H3,(H,28,35). The normalized spacial score (nSPS) is 11.5. The number of benzene rings is 2. The highest BCUT2D eigenvalue weighted by molar-refractivity contribution is 7.13. The quantitative estimate of drug-likeness (QED) is 0.306. The number of carbonyl (C=O) groups is 1. The molecule has 5 rings (SSSR count). The number of alkyl halides is 3. The summed E-state index contributed by atoms with van der Waals surface area (Å²) in [5.41, 5.74) is 2.51. The maximum absolute atomic E-state index is 12.7. The van der Waals surface area contributed by atoms with Crippen LogP contribution in [-0.4, -0.2) is 43.4 Å². The third kappa shape index (κ3) is 5.70. The minimum absolute atomic E-state index is 0.230. The Bertz CT molecular complexity index is 1560. The van der Waals surface area contributed by atoms with E-state index in [0.29, 0.717) is 34.1 Å². The molecule has 0 spiro atoms. The smallest absolute Gasteiger partial charge is 0.470 e. The van der Waals surface area contributed by atoms with Crippen LogP contribution >= 0.6 is 11.3 Å². The van der Waals surface area contributed by atoms with Crippen LogP contribution in [0, 0.1) is 0 Å². The van der Waals surface area contributed by atoms with Crippen LogP contribution in [0.2, 0.25) is 0 Å². The fourth-order valence-corrected chi connectivity index (χ4v) is 4.23. The van der Waals surface area contributed by atoms with Gasteiger partial charge in [0.25, 0.3) is 5.91 Å². The lowest BCUT2D eigenvalue weighted by Crippen LogP contribution is -2.22. The first-order valence-corrected chi connectivity index (χ1v) is 11.9. The topological polar surface area (TPSA) is 121 Å². The first-order chi connectivity index (χ1) is 18.3. The molecule has 0 unspecified atom stereocenters. The second kappa shape index (κ2) is 10.4. The number of methoxy groups -OCH3 is 1. The van der Waals surface area contributed by atoms with Gasteiger partial charge in [0.05, 0.1) is 24.1 Å². The van der Waals surface area contributed by atoms with Crippen LogP contribution in [0.5, 0.6) is 5.75 Å². The summed E-state index contributed by atoms with van der Waals surface area (Å²) in [4.78, 5) is 14.6. The van der Waals surface area contributed by atoms with Gasteiger partial charge in [0.1, 0.15) is 5.75 Å². The number of carbonyl (C=O) groups excluding carboxylic acids is 1. The first-order valence-electron chi connectivity index (χ1n) is 11.1. The molecule has 3 heterocycles. The van der Waals surface area contributed by atoms with Crippen molar-refractivity contribution >= 4 is 17.2 Å². The third-order valence-corrected chi connectivity index (χ3v) is 6.24. The monoisotopic (exact) mass is 541 g/mol. The van der Waals surface area contributed by atoms with Gasteiger partial charge in [-0.15, -0.1) is 31.7 Å². The van der Waals surface area contributed by atoms with E-state index in [1.54, 1.807) is 42.8 Å². The van der Waals surface area contributed by atoms with Gasteiger partial charge in [-0.1, -0.05) is 24.3 Å². The van der Waals surface area contributed by atoms with Gasteiger partial charge in [-0.25, -0.2) is 0 Å². The Balaban J connectivity index is 1.20. The van der Waals surface area contributed by atoms with Crippen LogP contribution < -0.4 is 10.1 Å². The number of hydrogen-bond acceptors (Lipinski definition) is 9. The fourth-order valence-electron chi connectivity index (χ4n) is 3.42. The van der Waals surface area contributed by atoms with E-state index in [0.717, 1.165) is 11.1 Å². The molecule has 0 bridgehead atoms. The Morgan fingerprint density at radius 3 is 2.63 bits per heavy atom. The van der Waals surface area contributed by atoms with E-state index in [2.05, 4.69) is 30.9 Å². The molecule has 0 saturated carbocycles. The molecule has 0 atom stereocenters. The molecule has 38 heavy (non-hydrogen) atoms. The number of hydrogen-bond donors (Lipinski definition) is 1. The van der Waals surface area contributed by atoms with Crippen LogP contribution in [0.3, 0.4) is 0 Å². The maximum Gasteiger partial charge on any atom is 0.470 e. The maximum atomic E-state index is 12.7. The highest BCUT2D eigenvalue weighted by Crippen LogP contribution is 2.30. The largest absolute Gasteiger partial charge is 0.497 e. The highest BCUT2D eigenvalue weighted by atomic mass is 32.1. The molecule has 14 heteroatoms. The van der Waals surface area contributed by atoms with Crippen LogP contribution in [0.1, 0.15) is 27.4 Å². The minimum atomic E-state index is -4.70. The molecule has 3 aromatic heterocycles. The molecule has 2 aromatic carbocycles. The summed E-state index contributed by atoms with van der Waals surface area (Å²) in [7, 11) is 1.58. The van der Waals surface area contributed by atoms with Crippen LogP contribution in [0.15, 0.2) is 64.4 Å². The van der Waals surface area contributed by atoms with E-state index >= 15 is 0 Å². The van der Waals surface area contributed by atoms with Crippen molar-refractivity contribution in [1.82, 2.24) is 35.7 Å². The zero-order chi connectivity index (χ0) is 26.7. The first kappa shape index (κ1) is 25.1. The Morgan fingerprint density at radius 1 is 1.08 bits per heavy atom. The van der Waals surface area contributed by atoms with Gasteiger partial charge in [0.2, 0.25) is 11.7 Å². The molecular weight excluding hydrogens is 523 g/mol. The summed E-state index contributed by atoms with van der Waals surface area (Å²) in [5.74, 6) is -0.783. The van der Waals surface area contributed by atoms with Crippen LogP contribution in [0.4, 0.5) is 13.2 Å². The lowest BCUT2D eigenvalue weighted by Gasteiger charge is -2.06. The lowest BCUT2D eigenvalue weighted by atomic mass is 10.1. The second-order valence-corrected chi connectivity index (χ2v) is 8.90. The number of rotatable bonds is 8. The van der Waals surface area contributed by atoms with Gasteiger partial charge in [0.15, 0.2) is 0 Å². The average molecular weight is 542 g/mol. The number of halogens is 3. The minimum Gasteiger partial charge on any atom is -0.497 e. The molecule has 5 aromatic rings. The van der Waals surface area contributed by atoms with Gasteiger partial charge < -0.3 is 14.5 Å². The summed E-state index contributed by atoms with van der Waals surface area (Å²) in [6.07, 6.45) is -4.70. The molecule has 0 radical (unpaired) electrons. The highest BCUT2D eigenvalue weighted by Gasteiger charge is 2.38. The van der Waals surface area contributed by atoms with E-state index in [4.69, 9.17) is 9.15 Å². The Hall–Kier alpha value is -4.59. The zero-order valence-electron chi connectivity index (χ0n) is 19.6.